The number of hydrogen-bond acceptors (Lipinski definition) is 4. The maximum Gasteiger partial charge on any atom is 0.120 e. The van der Waals surface area contributed by atoms with E-state index in [9.17, 15) is 5.11 Å². The van der Waals surface area contributed by atoms with Gasteiger partial charge in [0.05, 0.1) is 6.61 Å². The summed E-state index contributed by atoms with van der Waals surface area (Å²) in [5, 5.41) is 12.9. The van der Waals surface area contributed by atoms with Crippen LogP contribution in [0.4, 0.5) is 5.69 Å². The van der Waals surface area contributed by atoms with Crippen LogP contribution in [0.15, 0.2) is 48.5 Å². The van der Waals surface area contributed by atoms with Gasteiger partial charge in [-0.1, -0.05) is 18.2 Å². The van der Waals surface area contributed by atoms with Gasteiger partial charge in [-0.2, -0.15) is 0 Å². The highest BCUT2D eigenvalue weighted by Gasteiger charge is 2.00. The molecule has 0 fully saturated rings. The summed E-state index contributed by atoms with van der Waals surface area (Å²) in [6, 6.07) is 15.0. The van der Waals surface area contributed by atoms with Gasteiger partial charge in [-0.3, -0.25) is 0 Å². The molecule has 0 saturated heterocycles. The zero-order valence-corrected chi connectivity index (χ0v) is 11.5. The number of hydrogen-bond donors (Lipinski definition) is 2. The molecule has 0 bridgehead atoms. The number of ether oxygens (including phenoxy) is 2. The molecule has 2 aromatic carbocycles. The van der Waals surface area contributed by atoms with Gasteiger partial charge in [0.25, 0.3) is 0 Å². The minimum Gasteiger partial charge on any atom is -0.508 e. The van der Waals surface area contributed by atoms with Crippen LogP contribution in [0.25, 0.3) is 0 Å². The average Bonchev–Trinajstić information content (AvgIpc) is 2.48. The van der Waals surface area contributed by atoms with E-state index in [-0.39, 0.29) is 0 Å². The van der Waals surface area contributed by atoms with Crippen LogP contribution in [-0.2, 0) is 11.3 Å². The molecule has 0 aliphatic rings. The average molecular weight is 273 g/mol. The minimum atomic E-state index is 0.305. The molecule has 2 N–H and O–H groups in total. The molecule has 0 spiro atoms. The van der Waals surface area contributed by atoms with Crippen molar-refractivity contribution < 1.29 is 14.6 Å². The predicted molar refractivity (Wildman–Crippen MR) is 79.2 cm³/mol. The van der Waals surface area contributed by atoms with Crippen LogP contribution in [-0.4, -0.2) is 25.4 Å². The first-order valence-corrected chi connectivity index (χ1v) is 6.52. The molecule has 106 valence electrons. The van der Waals surface area contributed by atoms with Gasteiger partial charge in [0.15, 0.2) is 0 Å². The number of benzene rings is 2. The second kappa shape index (κ2) is 7.40. The lowest BCUT2D eigenvalue weighted by atomic mass is 10.2. The van der Waals surface area contributed by atoms with Crippen LogP contribution >= 0.6 is 0 Å². The van der Waals surface area contributed by atoms with Crippen molar-refractivity contribution >= 4 is 5.69 Å². The summed E-state index contributed by atoms with van der Waals surface area (Å²) in [5.74, 6) is 1.12. The first-order valence-electron chi connectivity index (χ1n) is 6.52. The maximum atomic E-state index is 9.68. The van der Waals surface area contributed by atoms with E-state index >= 15 is 0 Å². The van der Waals surface area contributed by atoms with Gasteiger partial charge in [-0.15, -0.1) is 0 Å². The van der Waals surface area contributed by atoms with Gasteiger partial charge in [-0.25, -0.2) is 0 Å². The molecule has 2 aromatic rings. The molecule has 0 amide bonds. The zero-order valence-electron chi connectivity index (χ0n) is 11.5. The molecule has 0 radical (unpaired) electrons. The van der Waals surface area contributed by atoms with E-state index in [2.05, 4.69) is 5.32 Å². The highest BCUT2D eigenvalue weighted by Crippen LogP contribution is 2.19. The first kappa shape index (κ1) is 14.2. The number of phenols is 1. The van der Waals surface area contributed by atoms with Crippen molar-refractivity contribution in [1.29, 1.82) is 0 Å². The van der Waals surface area contributed by atoms with Crippen molar-refractivity contribution in [2.75, 3.05) is 25.6 Å². The van der Waals surface area contributed by atoms with Gasteiger partial charge in [0.2, 0.25) is 0 Å². The number of anilines is 1. The molecule has 0 aromatic heterocycles. The number of para-hydroxylation sites is 1. The smallest absolute Gasteiger partial charge is 0.120 e. The third-order valence-corrected chi connectivity index (χ3v) is 2.89. The fraction of sp³-hybridized carbons (Fsp3) is 0.250. The Morgan fingerprint density at radius 2 is 1.75 bits per heavy atom. The highest BCUT2D eigenvalue weighted by atomic mass is 16.5. The molecule has 0 aliphatic heterocycles. The lowest BCUT2D eigenvalue weighted by molar-refractivity contribution is 0.146. The van der Waals surface area contributed by atoms with Crippen molar-refractivity contribution in [3.05, 3.63) is 54.1 Å². The fourth-order valence-electron chi connectivity index (χ4n) is 1.77. The topological polar surface area (TPSA) is 50.7 Å². The van der Waals surface area contributed by atoms with Crippen LogP contribution in [0.3, 0.4) is 0 Å². The Morgan fingerprint density at radius 3 is 2.45 bits per heavy atom. The third kappa shape index (κ3) is 4.17. The van der Waals surface area contributed by atoms with Crippen LogP contribution in [0.2, 0.25) is 0 Å². The number of rotatable bonds is 7. The Labute approximate surface area is 119 Å². The van der Waals surface area contributed by atoms with Crippen LogP contribution in [0.5, 0.6) is 11.5 Å². The Kier molecular flexibility index (Phi) is 5.26. The van der Waals surface area contributed by atoms with E-state index in [1.165, 1.54) is 0 Å². The van der Waals surface area contributed by atoms with E-state index in [4.69, 9.17) is 9.47 Å². The second-order valence-electron chi connectivity index (χ2n) is 4.35. The van der Waals surface area contributed by atoms with Gasteiger partial charge in [0, 0.05) is 24.9 Å². The number of nitrogens with one attached hydrogen (secondary N) is 1. The first-order chi connectivity index (χ1) is 9.79. The lowest BCUT2D eigenvalue weighted by Gasteiger charge is -2.09. The highest BCUT2D eigenvalue weighted by molar-refractivity contribution is 5.47. The summed E-state index contributed by atoms with van der Waals surface area (Å²) < 4.78 is 10.4. The summed E-state index contributed by atoms with van der Waals surface area (Å²) in [6.07, 6.45) is 0. The van der Waals surface area contributed by atoms with Gasteiger partial charge in [0.1, 0.15) is 18.1 Å². The largest absolute Gasteiger partial charge is 0.508 e. The minimum absolute atomic E-state index is 0.305. The molecule has 20 heavy (non-hydrogen) atoms. The summed E-state index contributed by atoms with van der Waals surface area (Å²) in [4.78, 5) is 0. The van der Waals surface area contributed by atoms with Crippen molar-refractivity contribution in [3.63, 3.8) is 0 Å². The predicted octanol–water partition coefficient (Wildman–Crippen LogP) is 3.03. The van der Waals surface area contributed by atoms with Crippen LogP contribution in [0, 0.1) is 0 Å². The molecule has 0 atom stereocenters. The van der Waals surface area contributed by atoms with E-state index in [0.717, 1.165) is 17.0 Å². The number of phenolic OH excluding ortho intramolecular Hbond substituents is 1. The standard InChI is InChI=1S/C16H19NO3/c1-19-10-11-20-15-8-6-14(7-9-15)17-12-13-4-2-3-5-16(13)18/h2-9,17-18H,10-12H2,1H3. The van der Waals surface area contributed by atoms with Crippen LogP contribution < -0.4 is 10.1 Å². The van der Waals surface area contributed by atoms with Gasteiger partial charge < -0.3 is 19.9 Å². The normalized spacial score (nSPS) is 10.2. The Hall–Kier alpha value is -2.20. The van der Waals surface area contributed by atoms with Crippen molar-refractivity contribution in [1.82, 2.24) is 0 Å². The van der Waals surface area contributed by atoms with Gasteiger partial charge in [-0.05, 0) is 30.3 Å². The van der Waals surface area contributed by atoms with E-state index in [1.54, 1.807) is 13.2 Å². The maximum absolute atomic E-state index is 9.68. The van der Waals surface area contributed by atoms with Crippen molar-refractivity contribution in [2.45, 2.75) is 6.54 Å². The molecule has 0 heterocycles. The van der Waals surface area contributed by atoms with E-state index < -0.39 is 0 Å². The van der Waals surface area contributed by atoms with E-state index in [0.29, 0.717) is 25.5 Å². The zero-order chi connectivity index (χ0) is 14.2. The molecule has 4 nitrogen and oxygen atoms in total. The molecular weight excluding hydrogens is 254 g/mol. The molecule has 2 rings (SSSR count). The monoisotopic (exact) mass is 273 g/mol. The number of methoxy groups -OCH3 is 1. The summed E-state index contributed by atoms with van der Waals surface area (Å²) >= 11 is 0. The molecular formula is C16H19NO3. The van der Waals surface area contributed by atoms with Crippen LogP contribution in [0.1, 0.15) is 5.56 Å². The quantitative estimate of drug-likeness (QED) is 0.761. The molecule has 0 unspecified atom stereocenters. The van der Waals surface area contributed by atoms with E-state index in [1.807, 2.05) is 42.5 Å². The Balaban J connectivity index is 1.86. The SMILES string of the molecule is COCCOc1ccc(NCc2ccccc2O)cc1. The fourth-order valence-corrected chi connectivity index (χ4v) is 1.77. The summed E-state index contributed by atoms with van der Waals surface area (Å²) in [6.45, 7) is 1.70. The Morgan fingerprint density at radius 1 is 1.00 bits per heavy atom. The summed E-state index contributed by atoms with van der Waals surface area (Å²) in [5.41, 5.74) is 1.85. The third-order valence-electron chi connectivity index (χ3n) is 2.89. The second-order valence-corrected chi connectivity index (χ2v) is 4.35. The van der Waals surface area contributed by atoms with Gasteiger partial charge >= 0.3 is 0 Å². The lowest BCUT2D eigenvalue weighted by Crippen LogP contribution is -2.04. The van der Waals surface area contributed by atoms with Crippen molar-refractivity contribution in [3.8, 4) is 11.5 Å². The Bertz CT molecular complexity index is 526. The molecule has 0 aliphatic carbocycles. The number of aromatic hydroxyl groups is 1. The molecule has 0 saturated carbocycles. The summed E-state index contributed by atoms with van der Waals surface area (Å²) in [7, 11) is 1.65. The molecule has 4 heteroatoms. The van der Waals surface area contributed by atoms with Crippen molar-refractivity contribution in [2.24, 2.45) is 0 Å².